The lowest BCUT2D eigenvalue weighted by atomic mass is 10.1. The number of imidazole rings is 1. The summed E-state index contributed by atoms with van der Waals surface area (Å²) in [6.07, 6.45) is 5.28. The summed E-state index contributed by atoms with van der Waals surface area (Å²) in [5, 5.41) is 3.50. The summed E-state index contributed by atoms with van der Waals surface area (Å²) in [5.41, 5.74) is 1.61. The number of esters is 1. The Morgan fingerprint density at radius 2 is 1.97 bits per heavy atom. The van der Waals surface area contributed by atoms with Crippen molar-refractivity contribution < 1.29 is 9.53 Å². The Balaban J connectivity index is 1.56. The Morgan fingerprint density at radius 3 is 2.70 bits per heavy atom. The van der Waals surface area contributed by atoms with Crippen LogP contribution in [0.3, 0.4) is 0 Å². The fourth-order valence-electron chi connectivity index (χ4n) is 4.65. The Kier molecular flexibility index (Phi) is 4.77. The fraction of sp³-hybridized carbons (Fsp3) is 0.455. The highest BCUT2D eigenvalue weighted by molar-refractivity contribution is 5.73. The summed E-state index contributed by atoms with van der Waals surface area (Å²) in [6, 6.07) is 10.3. The molecule has 0 unspecified atom stereocenters. The van der Waals surface area contributed by atoms with Crippen molar-refractivity contribution in [3.63, 3.8) is 0 Å². The number of aromatic nitrogens is 4. The summed E-state index contributed by atoms with van der Waals surface area (Å²) in [7, 11) is 1.32. The van der Waals surface area contributed by atoms with E-state index < -0.39 is 5.97 Å². The molecular formula is C22H25N5O3. The molecule has 156 valence electrons. The van der Waals surface area contributed by atoms with Crippen LogP contribution < -0.4 is 11.0 Å². The topological polar surface area (TPSA) is 91.0 Å². The van der Waals surface area contributed by atoms with Gasteiger partial charge in [-0.25, -0.2) is 14.8 Å². The molecule has 1 aromatic rings. The van der Waals surface area contributed by atoms with Gasteiger partial charge in [0, 0.05) is 18.5 Å². The first-order valence-corrected chi connectivity index (χ1v) is 10.5. The van der Waals surface area contributed by atoms with E-state index in [1.807, 2.05) is 18.2 Å². The lowest BCUT2D eigenvalue weighted by Gasteiger charge is -2.13. The van der Waals surface area contributed by atoms with E-state index in [1.54, 1.807) is 4.57 Å². The van der Waals surface area contributed by atoms with Gasteiger partial charge in [0.05, 0.1) is 7.11 Å². The molecule has 1 aliphatic carbocycles. The molecule has 8 heteroatoms. The van der Waals surface area contributed by atoms with E-state index in [-0.39, 0.29) is 18.3 Å². The van der Waals surface area contributed by atoms with Crippen LogP contribution in [0.2, 0.25) is 0 Å². The number of nitrogens with zero attached hydrogens (tertiary/aromatic N) is 4. The van der Waals surface area contributed by atoms with Gasteiger partial charge < -0.3 is 10.1 Å². The lowest BCUT2D eigenvalue weighted by Crippen LogP contribution is -2.34. The second kappa shape index (κ2) is 7.59. The van der Waals surface area contributed by atoms with Crippen LogP contribution in [0.25, 0.3) is 11.5 Å². The third-order valence-corrected chi connectivity index (χ3v) is 6.17. The molecule has 0 saturated heterocycles. The molecule has 0 amide bonds. The second-order valence-corrected chi connectivity index (χ2v) is 8.17. The monoisotopic (exact) mass is 407 g/mol. The Bertz CT molecular complexity index is 1100. The summed E-state index contributed by atoms with van der Waals surface area (Å²) in [6.45, 7) is 0.351. The number of hydrogen-bond donors (Lipinski definition) is 1. The molecule has 0 aromatic heterocycles. The Labute approximate surface area is 174 Å². The van der Waals surface area contributed by atoms with Gasteiger partial charge in [-0.05, 0) is 24.8 Å². The maximum absolute atomic E-state index is 13.3. The number of rotatable bonds is 5. The minimum Gasteiger partial charge on any atom is -0.468 e. The van der Waals surface area contributed by atoms with Crippen molar-refractivity contribution in [2.45, 2.75) is 57.2 Å². The molecule has 5 rings (SSSR count). The van der Waals surface area contributed by atoms with Crippen molar-refractivity contribution in [3.05, 3.63) is 52.2 Å². The highest BCUT2D eigenvalue weighted by Gasteiger charge is 2.34. The van der Waals surface area contributed by atoms with Gasteiger partial charge in [0.1, 0.15) is 23.9 Å². The minimum absolute atomic E-state index is 0.0731. The number of nitrogens with one attached hydrogen (secondary N) is 1. The zero-order chi connectivity index (χ0) is 20.7. The van der Waals surface area contributed by atoms with E-state index in [0.717, 1.165) is 25.1 Å². The van der Waals surface area contributed by atoms with E-state index in [0.29, 0.717) is 29.8 Å². The van der Waals surface area contributed by atoms with Crippen molar-refractivity contribution >= 4 is 11.8 Å². The first-order valence-electron chi connectivity index (χ1n) is 10.5. The first kappa shape index (κ1) is 18.8. The molecule has 3 heterocycles. The maximum atomic E-state index is 13.3. The number of benzene rings is 1. The molecule has 8 nitrogen and oxygen atoms in total. The SMILES string of the molecule is COC(=O)Cn1c2nc(C3CCCC3)nc-2c2n(c1=O)C[C@@H](Cc1ccccc1)N2. The summed E-state index contributed by atoms with van der Waals surface area (Å²) in [4.78, 5) is 34.8. The minimum atomic E-state index is -0.476. The zero-order valence-corrected chi connectivity index (χ0v) is 17.0. The molecular weight excluding hydrogens is 382 g/mol. The molecule has 1 atom stereocenters. The highest BCUT2D eigenvalue weighted by atomic mass is 16.5. The van der Waals surface area contributed by atoms with Gasteiger partial charge in [0.25, 0.3) is 0 Å². The third-order valence-electron chi connectivity index (χ3n) is 6.17. The van der Waals surface area contributed by atoms with Crippen molar-refractivity contribution in [1.29, 1.82) is 0 Å². The van der Waals surface area contributed by atoms with E-state index in [2.05, 4.69) is 17.4 Å². The summed E-state index contributed by atoms with van der Waals surface area (Å²) >= 11 is 0. The van der Waals surface area contributed by atoms with Crippen LogP contribution >= 0.6 is 0 Å². The fourth-order valence-corrected chi connectivity index (χ4v) is 4.65. The average molecular weight is 407 g/mol. The van der Waals surface area contributed by atoms with E-state index >= 15 is 0 Å². The van der Waals surface area contributed by atoms with Crippen LogP contribution in [0.1, 0.15) is 43.0 Å². The van der Waals surface area contributed by atoms with E-state index in [1.165, 1.54) is 30.1 Å². The number of carbonyl (C=O) groups is 1. The van der Waals surface area contributed by atoms with Gasteiger partial charge in [0.15, 0.2) is 5.82 Å². The predicted octanol–water partition coefficient (Wildman–Crippen LogP) is 2.41. The normalized spacial score (nSPS) is 18.5. The van der Waals surface area contributed by atoms with Gasteiger partial charge >= 0.3 is 11.7 Å². The molecule has 0 bridgehead atoms. The Hall–Kier alpha value is -3.16. The van der Waals surface area contributed by atoms with Gasteiger partial charge in [-0.15, -0.1) is 0 Å². The molecule has 4 aliphatic rings. The summed E-state index contributed by atoms with van der Waals surface area (Å²) in [5.74, 6) is 1.79. The summed E-state index contributed by atoms with van der Waals surface area (Å²) < 4.78 is 7.90. The molecule has 3 aliphatic heterocycles. The van der Waals surface area contributed by atoms with Crippen LogP contribution in [0.15, 0.2) is 35.1 Å². The van der Waals surface area contributed by atoms with Crippen LogP contribution in [0.5, 0.6) is 0 Å². The number of anilines is 1. The number of methoxy groups -OCH3 is 1. The second-order valence-electron chi connectivity index (χ2n) is 8.17. The largest absolute Gasteiger partial charge is 0.468 e. The molecule has 1 N–H and O–H groups in total. The first-order chi connectivity index (χ1) is 14.6. The van der Waals surface area contributed by atoms with E-state index in [4.69, 9.17) is 14.7 Å². The van der Waals surface area contributed by atoms with Crippen LogP contribution in [-0.4, -0.2) is 38.2 Å². The Morgan fingerprint density at radius 1 is 1.20 bits per heavy atom. The van der Waals surface area contributed by atoms with Crippen LogP contribution in [0.4, 0.5) is 5.82 Å². The molecule has 0 radical (unpaired) electrons. The molecule has 1 saturated carbocycles. The van der Waals surface area contributed by atoms with Crippen LogP contribution in [0, 0.1) is 0 Å². The average Bonchev–Trinajstić information content (AvgIpc) is 3.50. The predicted molar refractivity (Wildman–Crippen MR) is 112 cm³/mol. The smallest absolute Gasteiger partial charge is 0.332 e. The number of hydrogen-bond acceptors (Lipinski definition) is 6. The van der Waals surface area contributed by atoms with Crippen molar-refractivity contribution in [3.8, 4) is 11.5 Å². The van der Waals surface area contributed by atoms with Crippen LogP contribution in [-0.2, 0) is 29.0 Å². The molecule has 1 aromatic carbocycles. The van der Waals surface area contributed by atoms with Gasteiger partial charge in [0.2, 0.25) is 0 Å². The highest BCUT2D eigenvalue weighted by Crippen LogP contribution is 2.37. The van der Waals surface area contributed by atoms with E-state index in [9.17, 15) is 9.59 Å². The standard InChI is InChI=1S/C22H25N5O3/c1-30-17(28)13-27-21-18(24-19(25-21)15-9-5-6-10-15)20-23-16(12-26(20)22(27)29)11-14-7-3-2-4-8-14/h2-4,7-8,15-16,23H,5-6,9-13H2,1H3/t16-/m1/s1. The zero-order valence-electron chi connectivity index (χ0n) is 17.0. The molecule has 30 heavy (non-hydrogen) atoms. The maximum Gasteiger partial charge on any atom is 0.332 e. The van der Waals surface area contributed by atoms with Crippen molar-refractivity contribution in [2.75, 3.05) is 12.4 Å². The van der Waals surface area contributed by atoms with Crippen molar-refractivity contribution in [2.24, 2.45) is 0 Å². The molecule has 1 fully saturated rings. The van der Waals surface area contributed by atoms with Gasteiger partial charge in [-0.2, -0.15) is 0 Å². The number of carbonyl (C=O) groups excluding carboxylic acids is 1. The molecule has 0 spiro atoms. The quantitative estimate of drug-likeness (QED) is 0.653. The number of ether oxygens (including phenoxy) is 1. The third kappa shape index (κ3) is 3.26. The lowest BCUT2D eigenvalue weighted by molar-refractivity contribution is -0.141. The number of fused-ring (bicyclic) bond motifs is 3. The van der Waals surface area contributed by atoms with Gasteiger partial charge in [-0.1, -0.05) is 43.2 Å². The van der Waals surface area contributed by atoms with Crippen molar-refractivity contribution in [1.82, 2.24) is 19.1 Å². The van der Waals surface area contributed by atoms with Gasteiger partial charge in [-0.3, -0.25) is 13.9 Å².